The fraction of sp³-hybridized carbons (Fsp3) is 0.348. The first-order valence-corrected chi connectivity index (χ1v) is 12.7. The van der Waals surface area contributed by atoms with Crippen LogP contribution < -0.4 is 4.90 Å². The third-order valence-corrected chi connectivity index (χ3v) is 8.51. The van der Waals surface area contributed by atoms with Crippen LogP contribution >= 0.6 is 15.9 Å². The highest BCUT2D eigenvalue weighted by molar-refractivity contribution is 9.10. The Hall–Kier alpha value is -2.54. The highest BCUT2D eigenvalue weighted by Crippen LogP contribution is 2.35. The molecule has 4 rings (SSSR count). The lowest BCUT2D eigenvalue weighted by molar-refractivity contribution is -0.122. The molecule has 0 radical (unpaired) electrons. The van der Waals surface area contributed by atoms with Crippen LogP contribution in [-0.4, -0.2) is 36.6 Å². The van der Waals surface area contributed by atoms with Crippen LogP contribution in [0.4, 0.5) is 5.69 Å². The number of nitriles is 1. The molecule has 0 aromatic heterocycles. The van der Waals surface area contributed by atoms with Crippen LogP contribution in [-0.2, 0) is 19.6 Å². The fourth-order valence-electron chi connectivity index (χ4n) is 4.45. The van der Waals surface area contributed by atoms with Gasteiger partial charge in [-0.2, -0.15) is 9.57 Å². The predicted octanol–water partition coefficient (Wildman–Crippen LogP) is 3.98. The molecule has 1 unspecified atom stereocenters. The topological polar surface area (TPSA) is 98.5 Å². The molecule has 2 fully saturated rings. The SMILES string of the molecule is N#Cc1ccc(N2C(=O)CC(N(C3CCCCC3)S(=O)(=O)c3ccc(Br)cc3)C2=O)cc1. The maximum atomic E-state index is 13.7. The van der Waals surface area contributed by atoms with Crippen LogP contribution in [0.3, 0.4) is 0 Å². The average molecular weight is 516 g/mol. The Morgan fingerprint density at radius 3 is 2.19 bits per heavy atom. The second-order valence-electron chi connectivity index (χ2n) is 8.03. The van der Waals surface area contributed by atoms with E-state index in [1.807, 2.05) is 6.07 Å². The van der Waals surface area contributed by atoms with Crippen LogP contribution in [0, 0.1) is 11.3 Å². The first-order valence-electron chi connectivity index (χ1n) is 10.5. The van der Waals surface area contributed by atoms with Crippen molar-refractivity contribution in [2.75, 3.05) is 4.90 Å². The molecular weight excluding hydrogens is 494 g/mol. The van der Waals surface area contributed by atoms with E-state index in [1.165, 1.54) is 40.7 Å². The second-order valence-corrected chi connectivity index (χ2v) is 10.8. The molecule has 0 spiro atoms. The van der Waals surface area contributed by atoms with Gasteiger partial charge in [-0.1, -0.05) is 35.2 Å². The van der Waals surface area contributed by atoms with Gasteiger partial charge in [-0.25, -0.2) is 13.3 Å². The largest absolute Gasteiger partial charge is 0.274 e. The summed E-state index contributed by atoms with van der Waals surface area (Å²) in [5, 5.41) is 9.00. The number of rotatable bonds is 5. The predicted molar refractivity (Wildman–Crippen MR) is 122 cm³/mol. The maximum absolute atomic E-state index is 13.7. The van der Waals surface area contributed by atoms with Crippen molar-refractivity contribution >= 4 is 43.5 Å². The minimum absolute atomic E-state index is 0.100. The third-order valence-electron chi connectivity index (χ3n) is 6.01. The van der Waals surface area contributed by atoms with E-state index in [4.69, 9.17) is 5.26 Å². The van der Waals surface area contributed by atoms with Crippen molar-refractivity contribution in [3.63, 3.8) is 0 Å². The molecule has 166 valence electrons. The normalized spacial score (nSPS) is 20.0. The summed E-state index contributed by atoms with van der Waals surface area (Å²) in [4.78, 5) is 27.4. The van der Waals surface area contributed by atoms with Gasteiger partial charge < -0.3 is 0 Å². The van der Waals surface area contributed by atoms with Crippen LogP contribution in [0.1, 0.15) is 44.1 Å². The quantitative estimate of drug-likeness (QED) is 0.560. The van der Waals surface area contributed by atoms with Crippen molar-refractivity contribution in [3.05, 3.63) is 58.6 Å². The van der Waals surface area contributed by atoms with E-state index in [0.29, 0.717) is 24.1 Å². The summed E-state index contributed by atoms with van der Waals surface area (Å²) >= 11 is 3.32. The zero-order valence-corrected chi connectivity index (χ0v) is 19.7. The van der Waals surface area contributed by atoms with E-state index in [-0.39, 0.29) is 17.4 Å². The number of hydrogen-bond donors (Lipinski definition) is 0. The van der Waals surface area contributed by atoms with Gasteiger partial charge in [-0.3, -0.25) is 9.59 Å². The smallest absolute Gasteiger partial charge is 0.252 e. The summed E-state index contributed by atoms with van der Waals surface area (Å²) in [5.74, 6) is -0.998. The van der Waals surface area contributed by atoms with Crippen molar-refractivity contribution in [2.45, 2.75) is 55.5 Å². The Morgan fingerprint density at radius 1 is 0.969 bits per heavy atom. The highest BCUT2D eigenvalue weighted by atomic mass is 79.9. The third kappa shape index (κ3) is 4.22. The first kappa shape index (κ1) is 22.6. The Labute approximate surface area is 195 Å². The zero-order valence-electron chi connectivity index (χ0n) is 17.3. The van der Waals surface area contributed by atoms with Gasteiger partial charge in [-0.05, 0) is 61.4 Å². The van der Waals surface area contributed by atoms with Gasteiger partial charge in [0.2, 0.25) is 15.9 Å². The molecule has 2 aromatic rings. The number of imide groups is 1. The van der Waals surface area contributed by atoms with Crippen molar-refractivity contribution < 1.29 is 18.0 Å². The van der Waals surface area contributed by atoms with Crippen molar-refractivity contribution in [1.82, 2.24) is 4.31 Å². The molecule has 2 amide bonds. The molecule has 2 aromatic carbocycles. The minimum Gasteiger partial charge on any atom is -0.274 e. The highest BCUT2D eigenvalue weighted by Gasteiger charge is 2.49. The molecule has 7 nitrogen and oxygen atoms in total. The number of carbonyl (C=O) groups excluding carboxylic acids is 2. The van der Waals surface area contributed by atoms with Gasteiger partial charge in [0.25, 0.3) is 5.91 Å². The number of hydrogen-bond acceptors (Lipinski definition) is 5. The van der Waals surface area contributed by atoms with Crippen molar-refractivity contribution in [2.24, 2.45) is 0 Å². The summed E-state index contributed by atoms with van der Waals surface area (Å²) in [7, 11) is -4.00. The summed E-state index contributed by atoms with van der Waals surface area (Å²) < 4.78 is 29.4. The molecule has 1 saturated carbocycles. The molecule has 32 heavy (non-hydrogen) atoms. The van der Waals surface area contributed by atoms with E-state index in [0.717, 1.165) is 28.6 Å². The van der Waals surface area contributed by atoms with Gasteiger partial charge in [0, 0.05) is 10.5 Å². The van der Waals surface area contributed by atoms with Crippen LogP contribution in [0.25, 0.3) is 0 Å². The van der Waals surface area contributed by atoms with Crippen LogP contribution in [0.15, 0.2) is 57.9 Å². The molecule has 0 bridgehead atoms. The fourth-order valence-corrected chi connectivity index (χ4v) is 6.54. The number of anilines is 1. The number of halogens is 1. The summed E-state index contributed by atoms with van der Waals surface area (Å²) in [6.07, 6.45) is 3.90. The second kappa shape index (κ2) is 9.14. The lowest BCUT2D eigenvalue weighted by Gasteiger charge is -2.36. The first-order chi connectivity index (χ1) is 15.3. The number of nitrogens with zero attached hydrogens (tertiary/aromatic N) is 3. The Kier molecular flexibility index (Phi) is 6.47. The van der Waals surface area contributed by atoms with E-state index in [1.54, 1.807) is 12.1 Å². The monoisotopic (exact) mass is 515 g/mol. The molecule has 0 N–H and O–H groups in total. The lowest BCUT2D eigenvalue weighted by atomic mass is 9.94. The summed E-state index contributed by atoms with van der Waals surface area (Å²) in [6, 6.07) is 13.0. The summed E-state index contributed by atoms with van der Waals surface area (Å²) in [5.41, 5.74) is 0.747. The van der Waals surface area contributed by atoms with Gasteiger partial charge in [0.15, 0.2) is 0 Å². The Bertz CT molecular complexity index is 1170. The average Bonchev–Trinajstić information content (AvgIpc) is 3.08. The molecule has 1 aliphatic heterocycles. The van der Waals surface area contributed by atoms with Crippen molar-refractivity contribution in [1.29, 1.82) is 5.26 Å². The summed E-state index contributed by atoms with van der Waals surface area (Å²) in [6.45, 7) is 0. The van der Waals surface area contributed by atoms with E-state index < -0.39 is 27.9 Å². The molecule has 1 saturated heterocycles. The van der Waals surface area contributed by atoms with E-state index in [2.05, 4.69) is 15.9 Å². The standard InChI is InChI=1S/C23H22BrN3O4S/c24-17-8-12-20(13-9-17)32(30,31)27(19-4-2-1-3-5-19)21-14-22(28)26(23(21)29)18-10-6-16(15-25)7-11-18/h6-13,19,21H,1-5,14H2. The number of amides is 2. The van der Waals surface area contributed by atoms with E-state index >= 15 is 0 Å². The van der Waals surface area contributed by atoms with Gasteiger partial charge in [0.1, 0.15) is 6.04 Å². The Balaban J connectivity index is 1.72. The van der Waals surface area contributed by atoms with Crippen LogP contribution in [0.5, 0.6) is 0 Å². The number of benzene rings is 2. The molecule has 1 atom stereocenters. The van der Waals surface area contributed by atoms with Gasteiger partial charge in [-0.15, -0.1) is 0 Å². The number of carbonyl (C=O) groups is 2. The van der Waals surface area contributed by atoms with Gasteiger partial charge in [0.05, 0.1) is 28.6 Å². The molecule has 1 aliphatic carbocycles. The molecule has 2 aliphatic rings. The van der Waals surface area contributed by atoms with E-state index in [9.17, 15) is 18.0 Å². The maximum Gasteiger partial charge on any atom is 0.252 e. The van der Waals surface area contributed by atoms with Gasteiger partial charge >= 0.3 is 0 Å². The zero-order chi connectivity index (χ0) is 22.9. The molecular formula is C23H22BrN3O4S. The van der Waals surface area contributed by atoms with Crippen molar-refractivity contribution in [3.8, 4) is 6.07 Å². The molecule has 1 heterocycles. The lowest BCUT2D eigenvalue weighted by Crippen LogP contribution is -2.51. The van der Waals surface area contributed by atoms with Crippen LogP contribution in [0.2, 0.25) is 0 Å². The minimum atomic E-state index is -4.00. The Morgan fingerprint density at radius 2 is 1.59 bits per heavy atom. The molecule has 9 heteroatoms. The number of sulfonamides is 1.